The molecule has 20 heavy (non-hydrogen) atoms. The van der Waals surface area contributed by atoms with Gasteiger partial charge in [-0.2, -0.15) is 0 Å². The number of fused-ring (bicyclic) bond motifs is 1. The Kier molecular flexibility index (Phi) is 3.52. The zero-order valence-corrected chi connectivity index (χ0v) is 11.9. The maximum Gasteiger partial charge on any atom is 0.162 e. The highest BCUT2D eigenvalue weighted by molar-refractivity contribution is 6.31. The second-order valence-corrected chi connectivity index (χ2v) is 4.89. The van der Waals surface area contributed by atoms with Crippen LogP contribution in [-0.4, -0.2) is 16.5 Å². The van der Waals surface area contributed by atoms with Gasteiger partial charge in [-0.1, -0.05) is 41.9 Å². The quantitative estimate of drug-likeness (QED) is 0.775. The lowest BCUT2D eigenvalue weighted by atomic mass is 10.2. The second-order valence-electron chi connectivity index (χ2n) is 4.45. The minimum atomic E-state index is 0.688. The summed E-state index contributed by atoms with van der Waals surface area (Å²) in [6.45, 7) is 2.84. The Balaban J connectivity index is 2.23. The van der Waals surface area contributed by atoms with Crippen molar-refractivity contribution in [2.75, 3.05) is 11.9 Å². The van der Waals surface area contributed by atoms with Gasteiger partial charge in [0, 0.05) is 22.5 Å². The van der Waals surface area contributed by atoms with Gasteiger partial charge in [0.15, 0.2) is 5.82 Å². The summed E-state index contributed by atoms with van der Waals surface area (Å²) in [5, 5.41) is 4.91. The van der Waals surface area contributed by atoms with Crippen LogP contribution in [0, 0.1) is 0 Å². The van der Waals surface area contributed by atoms with Gasteiger partial charge in [0.1, 0.15) is 5.82 Å². The van der Waals surface area contributed by atoms with Gasteiger partial charge in [-0.3, -0.25) is 0 Å². The number of anilines is 1. The van der Waals surface area contributed by atoms with E-state index in [1.807, 2.05) is 55.5 Å². The molecule has 0 atom stereocenters. The normalized spacial score (nSPS) is 10.7. The van der Waals surface area contributed by atoms with Crippen molar-refractivity contribution in [3.63, 3.8) is 0 Å². The molecule has 0 saturated heterocycles. The molecule has 0 amide bonds. The molecule has 1 heterocycles. The second kappa shape index (κ2) is 5.47. The Labute approximate surface area is 122 Å². The van der Waals surface area contributed by atoms with Crippen molar-refractivity contribution in [2.24, 2.45) is 0 Å². The molecule has 0 aliphatic rings. The molecule has 1 aromatic heterocycles. The van der Waals surface area contributed by atoms with Crippen molar-refractivity contribution < 1.29 is 0 Å². The highest BCUT2D eigenvalue weighted by atomic mass is 35.5. The first-order valence-corrected chi connectivity index (χ1v) is 6.92. The molecule has 4 heteroatoms. The van der Waals surface area contributed by atoms with Crippen molar-refractivity contribution in [2.45, 2.75) is 6.92 Å². The van der Waals surface area contributed by atoms with Gasteiger partial charge in [-0.05, 0) is 25.1 Å². The minimum absolute atomic E-state index is 0.688. The molecule has 0 aliphatic carbocycles. The molecule has 3 rings (SSSR count). The molecule has 0 radical (unpaired) electrons. The maximum absolute atomic E-state index is 6.06. The van der Waals surface area contributed by atoms with Gasteiger partial charge in [-0.15, -0.1) is 0 Å². The number of aromatic nitrogens is 2. The van der Waals surface area contributed by atoms with E-state index in [-0.39, 0.29) is 0 Å². The van der Waals surface area contributed by atoms with E-state index in [0.717, 1.165) is 34.7 Å². The summed E-state index contributed by atoms with van der Waals surface area (Å²) in [7, 11) is 0. The highest BCUT2D eigenvalue weighted by Crippen LogP contribution is 2.27. The van der Waals surface area contributed by atoms with E-state index < -0.39 is 0 Å². The predicted octanol–water partition coefficient (Wildman–Crippen LogP) is 4.38. The molecule has 3 aromatic rings. The van der Waals surface area contributed by atoms with Gasteiger partial charge < -0.3 is 5.32 Å². The standard InChI is InChI=1S/C16H14ClN3/c1-2-18-16-13-10-12(17)8-9-14(13)19-15(20-16)11-6-4-3-5-7-11/h3-10H,2H2,1H3,(H,18,19,20). The summed E-state index contributed by atoms with van der Waals surface area (Å²) in [6.07, 6.45) is 0. The van der Waals surface area contributed by atoms with E-state index >= 15 is 0 Å². The van der Waals surface area contributed by atoms with Crippen LogP contribution in [0.15, 0.2) is 48.5 Å². The molecule has 1 N–H and O–H groups in total. The van der Waals surface area contributed by atoms with Crippen molar-refractivity contribution in [3.05, 3.63) is 53.6 Å². The maximum atomic E-state index is 6.06. The number of benzene rings is 2. The topological polar surface area (TPSA) is 37.8 Å². The Hall–Kier alpha value is -2.13. The first-order valence-electron chi connectivity index (χ1n) is 6.54. The van der Waals surface area contributed by atoms with Crippen LogP contribution >= 0.6 is 11.6 Å². The average Bonchev–Trinajstić information content (AvgIpc) is 2.49. The van der Waals surface area contributed by atoms with Gasteiger partial charge in [0.2, 0.25) is 0 Å². The molecule has 0 aliphatic heterocycles. The summed E-state index contributed by atoms with van der Waals surface area (Å²) in [5.41, 5.74) is 1.89. The van der Waals surface area contributed by atoms with E-state index in [9.17, 15) is 0 Å². The van der Waals surface area contributed by atoms with Crippen molar-refractivity contribution in [3.8, 4) is 11.4 Å². The van der Waals surface area contributed by atoms with Crippen LogP contribution in [-0.2, 0) is 0 Å². The molecule has 100 valence electrons. The van der Waals surface area contributed by atoms with E-state index in [2.05, 4.69) is 15.3 Å². The molecule has 0 fully saturated rings. The lowest BCUT2D eigenvalue weighted by Gasteiger charge is -2.10. The smallest absolute Gasteiger partial charge is 0.162 e. The third-order valence-electron chi connectivity index (χ3n) is 3.03. The fourth-order valence-electron chi connectivity index (χ4n) is 2.12. The molecule has 0 unspecified atom stereocenters. The van der Waals surface area contributed by atoms with Crippen LogP contribution in [0.1, 0.15) is 6.92 Å². The van der Waals surface area contributed by atoms with Crippen LogP contribution in [0.5, 0.6) is 0 Å². The van der Waals surface area contributed by atoms with Crippen LogP contribution in [0.25, 0.3) is 22.3 Å². The molecule has 0 spiro atoms. The number of halogens is 1. The lowest BCUT2D eigenvalue weighted by Crippen LogP contribution is -2.02. The SMILES string of the molecule is CCNc1nc(-c2ccccc2)nc2ccc(Cl)cc12. The number of rotatable bonds is 3. The van der Waals surface area contributed by atoms with Gasteiger partial charge in [0.05, 0.1) is 5.52 Å². The predicted molar refractivity (Wildman–Crippen MR) is 84.1 cm³/mol. The first-order chi connectivity index (χ1) is 9.78. The highest BCUT2D eigenvalue weighted by Gasteiger charge is 2.09. The summed E-state index contributed by atoms with van der Waals surface area (Å²) < 4.78 is 0. The fraction of sp³-hybridized carbons (Fsp3) is 0.125. The molecular weight excluding hydrogens is 270 g/mol. The van der Waals surface area contributed by atoms with Crippen LogP contribution < -0.4 is 5.32 Å². The number of hydrogen-bond donors (Lipinski definition) is 1. The van der Waals surface area contributed by atoms with Crippen molar-refractivity contribution in [1.82, 2.24) is 9.97 Å². The van der Waals surface area contributed by atoms with Crippen molar-refractivity contribution in [1.29, 1.82) is 0 Å². The van der Waals surface area contributed by atoms with E-state index in [4.69, 9.17) is 11.6 Å². The van der Waals surface area contributed by atoms with Crippen LogP contribution in [0.2, 0.25) is 5.02 Å². The zero-order valence-electron chi connectivity index (χ0n) is 11.1. The average molecular weight is 284 g/mol. The summed E-state index contributed by atoms with van der Waals surface area (Å²) in [4.78, 5) is 9.24. The third kappa shape index (κ3) is 2.45. The monoisotopic (exact) mass is 283 g/mol. The van der Waals surface area contributed by atoms with E-state index in [1.54, 1.807) is 0 Å². The van der Waals surface area contributed by atoms with Gasteiger partial charge >= 0.3 is 0 Å². The molecule has 2 aromatic carbocycles. The van der Waals surface area contributed by atoms with E-state index in [1.165, 1.54) is 0 Å². The number of nitrogens with one attached hydrogen (secondary N) is 1. The van der Waals surface area contributed by atoms with Crippen molar-refractivity contribution >= 4 is 28.3 Å². The summed E-state index contributed by atoms with van der Waals surface area (Å²) in [6, 6.07) is 15.6. The molecule has 0 bridgehead atoms. The van der Waals surface area contributed by atoms with E-state index in [0.29, 0.717) is 5.02 Å². The van der Waals surface area contributed by atoms with Gasteiger partial charge in [-0.25, -0.2) is 9.97 Å². The Bertz CT molecular complexity index is 741. The van der Waals surface area contributed by atoms with Crippen LogP contribution in [0.4, 0.5) is 5.82 Å². The number of hydrogen-bond acceptors (Lipinski definition) is 3. The summed E-state index contributed by atoms with van der Waals surface area (Å²) >= 11 is 6.06. The Morgan fingerprint density at radius 2 is 1.85 bits per heavy atom. The molecular formula is C16H14ClN3. The Morgan fingerprint density at radius 1 is 1.05 bits per heavy atom. The third-order valence-corrected chi connectivity index (χ3v) is 3.27. The minimum Gasteiger partial charge on any atom is -0.370 e. The Morgan fingerprint density at radius 3 is 2.60 bits per heavy atom. The fourth-order valence-corrected chi connectivity index (χ4v) is 2.29. The number of nitrogens with zero attached hydrogens (tertiary/aromatic N) is 2. The molecule has 0 saturated carbocycles. The summed E-state index contributed by atoms with van der Waals surface area (Å²) in [5.74, 6) is 1.54. The largest absolute Gasteiger partial charge is 0.370 e. The van der Waals surface area contributed by atoms with Crippen LogP contribution in [0.3, 0.4) is 0 Å². The lowest BCUT2D eigenvalue weighted by molar-refractivity contribution is 1.14. The zero-order chi connectivity index (χ0) is 13.9. The first kappa shape index (κ1) is 12.9. The molecule has 3 nitrogen and oxygen atoms in total. The van der Waals surface area contributed by atoms with Gasteiger partial charge in [0.25, 0.3) is 0 Å².